The third kappa shape index (κ3) is 2.98. The normalized spacial score (nSPS) is 30.4. The summed E-state index contributed by atoms with van der Waals surface area (Å²) in [4.78, 5) is 0. The van der Waals surface area contributed by atoms with Crippen molar-refractivity contribution in [2.45, 2.75) is 57.2 Å². The largest absolute Gasteiger partial charge is 0.313 e. The fourth-order valence-electron chi connectivity index (χ4n) is 2.57. The fourth-order valence-corrected chi connectivity index (χ4v) is 4.00. The summed E-state index contributed by atoms with van der Waals surface area (Å²) in [5.74, 6) is 0.619. The van der Waals surface area contributed by atoms with E-state index in [0.717, 1.165) is 19.3 Å². The van der Waals surface area contributed by atoms with Crippen molar-refractivity contribution in [2.24, 2.45) is 5.92 Å². The molecule has 1 saturated carbocycles. The predicted octanol–water partition coefficient (Wildman–Crippen LogP) is 1.98. The summed E-state index contributed by atoms with van der Waals surface area (Å²) in [5, 5.41) is 3.28. The van der Waals surface area contributed by atoms with Crippen molar-refractivity contribution < 1.29 is 8.42 Å². The van der Waals surface area contributed by atoms with Gasteiger partial charge in [-0.05, 0) is 18.8 Å². The molecule has 1 aliphatic rings. The standard InChI is InChI=1S/C12H25NO2S/c1-5-6-11-7-12(8-11,16(4,14)15)9-13-10(2)3/h10-11,13H,5-9H2,1-4H3. The molecule has 0 heterocycles. The molecule has 1 N–H and O–H groups in total. The van der Waals surface area contributed by atoms with Crippen LogP contribution in [0.3, 0.4) is 0 Å². The van der Waals surface area contributed by atoms with E-state index >= 15 is 0 Å². The Bertz CT molecular complexity index is 316. The molecular formula is C12H25NO2S. The Kier molecular flexibility index (Phi) is 4.41. The van der Waals surface area contributed by atoms with Crippen LogP contribution >= 0.6 is 0 Å². The summed E-state index contributed by atoms with van der Waals surface area (Å²) in [6.45, 7) is 6.88. The zero-order valence-corrected chi connectivity index (χ0v) is 11.7. The second-order valence-electron chi connectivity index (χ2n) is 5.55. The zero-order chi connectivity index (χ0) is 12.4. The van der Waals surface area contributed by atoms with Gasteiger partial charge in [0, 0.05) is 18.8 Å². The minimum Gasteiger partial charge on any atom is -0.313 e. The van der Waals surface area contributed by atoms with Crippen LogP contribution in [0.1, 0.15) is 46.5 Å². The van der Waals surface area contributed by atoms with Gasteiger partial charge in [0.15, 0.2) is 9.84 Å². The Hall–Kier alpha value is -0.0900. The van der Waals surface area contributed by atoms with Gasteiger partial charge < -0.3 is 5.32 Å². The van der Waals surface area contributed by atoms with E-state index in [1.54, 1.807) is 0 Å². The first kappa shape index (κ1) is 14.0. The van der Waals surface area contributed by atoms with Crippen LogP contribution in [0.25, 0.3) is 0 Å². The summed E-state index contributed by atoms with van der Waals surface area (Å²) >= 11 is 0. The molecule has 16 heavy (non-hydrogen) atoms. The van der Waals surface area contributed by atoms with E-state index in [4.69, 9.17) is 0 Å². The molecule has 0 aromatic rings. The fraction of sp³-hybridized carbons (Fsp3) is 1.00. The number of hydrogen-bond donors (Lipinski definition) is 1. The number of sulfone groups is 1. The van der Waals surface area contributed by atoms with Crippen LogP contribution in [0.2, 0.25) is 0 Å². The average molecular weight is 247 g/mol. The van der Waals surface area contributed by atoms with Crippen molar-refractivity contribution in [3.63, 3.8) is 0 Å². The van der Waals surface area contributed by atoms with E-state index in [-0.39, 0.29) is 0 Å². The van der Waals surface area contributed by atoms with Crippen LogP contribution in [0.15, 0.2) is 0 Å². The van der Waals surface area contributed by atoms with Gasteiger partial charge in [-0.25, -0.2) is 8.42 Å². The lowest BCUT2D eigenvalue weighted by Crippen LogP contribution is -2.57. The smallest absolute Gasteiger partial charge is 0.154 e. The molecule has 0 radical (unpaired) electrons. The van der Waals surface area contributed by atoms with Crippen LogP contribution in [0.4, 0.5) is 0 Å². The third-order valence-corrected chi connectivity index (χ3v) is 5.69. The molecule has 0 bridgehead atoms. The zero-order valence-electron chi connectivity index (χ0n) is 10.9. The van der Waals surface area contributed by atoms with Crippen molar-refractivity contribution in [1.29, 1.82) is 0 Å². The van der Waals surface area contributed by atoms with Crippen LogP contribution in [0, 0.1) is 5.92 Å². The van der Waals surface area contributed by atoms with Crippen LogP contribution < -0.4 is 5.32 Å². The number of nitrogens with one attached hydrogen (secondary N) is 1. The molecule has 0 spiro atoms. The maximum atomic E-state index is 11.9. The molecule has 1 fully saturated rings. The Morgan fingerprint density at radius 1 is 1.38 bits per heavy atom. The monoisotopic (exact) mass is 247 g/mol. The third-order valence-electron chi connectivity index (χ3n) is 3.64. The molecule has 0 atom stereocenters. The van der Waals surface area contributed by atoms with E-state index < -0.39 is 14.6 Å². The number of rotatable bonds is 6. The molecule has 1 aliphatic carbocycles. The maximum Gasteiger partial charge on any atom is 0.154 e. The highest BCUT2D eigenvalue weighted by Gasteiger charge is 2.50. The topological polar surface area (TPSA) is 46.2 Å². The SMILES string of the molecule is CCCC1CC(CNC(C)C)(S(C)(=O)=O)C1. The van der Waals surface area contributed by atoms with Crippen molar-refractivity contribution in [1.82, 2.24) is 5.32 Å². The van der Waals surface area contributed by atoms with Gasteiger partial charge in [-0.3, -0.25) is 0 Å². The van der Waals surface area contributed by atoms with E-state index in [2.05, 4.69) is 26.1 Å². The van der Waals surface area contributed by atoms with E-state index in [9.17, 15) is 8.42 Å². The van der Waals surface area contributed by atoms with Gasteiger partial charge in [-0.1, -0.05) is 33.6 Å². The van der Waals surface area contributed by atoms with Crippen molar-refractivity contribution in [3.8, 4) is 0 Å². The molecule has 4 heteroatoms. The molecule has 96 valence electrons. The molecule has 0 amide bonds. The van der Waals surface area contributed by atoms with Gasteiger partial charge in [0.25, 0.3) is 0 Å². The number of hydrogen-bond acceptors (Lipinski definition) is 3. The van der Waals surface area contributed by atoms with E-state index in [1.165, 1.54) is 12.7 Å². The molecule has 0 saturated heterocycles. The molecular weight excluding hydrogens is 222 g/mol. The highest BCUT2D eigenvalue weighted by molar-refractivity contribution is 7.92. The minimum absolute atomic E-state index is 0.351. The lowest BCUT2D eigenvalue weighted by Gasteiger charge is -2.46. The second kappa shape index (κ2) is 5.05. The summed E-state index contributed by atoms with van der Waals surface area (Å²) in [6, 6.07) is 0.351. The molecule has 0 aliphatic heterocycles. The average Bonchev–Trinajstić information content (AvgIpc) is 2.06. The van der Waals surface area contributed by atoms with Gasteiger partial charge in [0.05, 0.1) is 4.75 Å². The first-order valence-corrected chi connectivity index (χ1v) is 8.13. The Balaban J connectivity index is 2.61. The van der Waals surface area contributed by atoms with Crippen LogP contribution in [0.5, 0.6) is 0 Å². The van der Waals surface area contributed by atoms with Crippen LogP contribution in [-0.4, -0.2) is 32.0 Å². The summed E-state index contributed by atoms with van der Waals surface area (Å²) in [5.41, 5.74) is 0. The van der Waals surface area contributed by atoms with Gasteiger partial charge in [-0.15, -0.1) is 0 Å². The second-order valence-corrected chi connectivity index (χ2v) is 7.96. The lowest BCUT2D eigenvalue weighted by atomic mass is 9.72. The van der Waals surface area contributed by atoms with E-state index in [1.807, 2.05) is 0 Å². The highest BCUT2D eigenvalue weighted by Crippen LogP contribution is 2.45. The van der Waals surface area contributed by atoms with Crippen molar-refractivity contribution in [3.05, 3.63) is 0 Å². The van der Waals surface area contributed by atoms with Gasteiger partial charge in [-0.2, -0.15) is 0 Å². The first-order valence-electron chi connectivity index (χ1n) is 6.24. The minimum atomic E-state index is -2.94. The highest BCUT2D eigenvalue weighted by atomic mass is 32.2. The van der Waals surface area contributed by atoms with Crippen molar-refractivity contribution >= 4 is 9.84 Å². The molecule has 0 unspecified atom stereocenters. The van der Waals surface area contributed by atoms with Gasteiger partial charge in [0.2, 0.25) is 0 Å². The Morgan fingerprint density at radius 2 is 1.94 bits per heavy atom. The predicted molar refractivity (Wildman–Crippen MR) is 68.3 cm³/mol. The molecule has 3 nitrogen and oxygen atoms in total. The Morgan fingerprint density at radius 3 is 2.31 bits per heavy atom. The molecule has 1 rings (SSSR count). The first-order chi connectivity index (χ1) is 7.31. The van der Waals surface area contributed by atoms with Crippen LogP contribution in [-0.2, 0) is 9.84 Å². The van der Waals surface area contributed by atoms with E-state index in [0.29, 0.717) is 18.5 Å². The lowest BCUT2D eigenvalue weighted by molar-refractivity contribution is 0.196. The summed E-state index contributed by atoms with van der Waals surface area (Å²) in [7, 11) is -2.94. The van der Waals surface area contributed by atoms with Crippen molar-refractivity contribution in [2.75, 3.05) is 12.8 Å². The Labute approximate surface area is 99.9 Å². The summed E-state index contributed by atoms with van der Waals surface area (Å²) < 4.78 is 23.2. The maximum absolute atomic E-state index is 11.9. The molecule has 0 aromatic carbocycles. The van der Waals surface area contributed by atoms with Gasteiger partial charge in [0.1, 0.15) is 0 Å². The summed E-state index contributed by atoms with van der Waals surface area (Å²) in [6.07, 6.45) is 5.40. The quantitative estimate of drug-likeness (QED) is 0.780. The van der Waals surface area contributed by atoms with Gasteiger partial charge >= 0.3 is 0 Å². The molecule has 0 aromatic heterocycles.